The molecule has 0 aliphatic rings. The molecule has 468 valence electrons. The zero-order valence-corrected chi connectivity index (χ0v) is 51.8. The number of nitrogens with one attached hydrogen (secondary N) is 3. The number of ether oxygens (including phenoxy) is 5. The Kier molecular flexibility index (Phi) is 47.2. The Bertz CT molecular complexity index is 2000. The van der Waals surface area contributed by atoms with Crippen molar-refractivity contribution in [3.8, 4) is 17.2 Å². The van der Waals surface area contributed by atoms with E-state index in [1.54, 1.807) is 6.20 Å². The van der Waals surface area contributed by atoms with Crippen molar-refractivity contribution in [3.05, 3.63) is 50.7 Å². The quantitative estimate of drug-likeness (QED) is 0.0269. The van der Waals surface area contributed by atoms with Crippen LogP contribution in [0.1, 0.15) is 290 Å². The van der Waals surface area contributed by atoms with E-state index in [-0.39, 0.29) is 39.5 Å². The van der Waals surface area contributed by atoms with Crippen molar-refractivity contribution in [2.24, 2.45) is 0 Å². The van der Waals surface area contributed by atoms with Gasteiger partial charge in [0.1, 0.15) is 32.1 Å². The highest BCUT2D eigenvalue weighted by Crippen LogP contribution is 2.31. The van der Waals surface area contributed by atoms with Gasteiger partial charge in [-0.1, -0.05) is 261 Å². The van der Waals surface area contributed by atoms with Gasteiger partial charge in [-0.15, -0.1) is 0 Å². The number of aromatic amines is 3. The first-order chi connectivity index (χ1) is 39.2. The van der Waals surface area contributed by atoms with Crippen molar-refractivity contribution in [3.63, 3.8) is 0 Å². The smallest absolute Gasteiger partial charge is 0.422 e. The molecule has 0 spiro atoms. The Balaban J connectivity index is 0.000000618. The van der Waals surface area contributed by atoms with Gasteiger partial charge in [0, 0.05) is 25.2 Å². The van der Waals surface area contributed by atoms with Gasteiger partial charge in [0.2, 0.25) is 0 Å². The number of carbonyl (C=O) groups is 3. The van der Waals surface area contributed by atoms with Gasteiger partial charge >= 0.3 is 24.1 Å². The molecular weight excluding hydrogens is 1110 g/mol. The molecule has 0 bridgehead atoms. The van der Waals surface area contributed by atoms with E-state index < -0.39 is 30.7 Å². The lowest BCUT2D eigenvalue weighted by molar-refractivity contribution is -0.161. The van der Waals surface area contributed by atoms with Gasteiger partial charge in [-0.3, -0.25) is 0 Å². The minimum atomic E-state index is -4.58. The summed E-state index contributed by atoms with van der Waals surface area (Å²) in [6.45, 7) is 7.36. The number of aliphatic hydroxyl groups excluding tert-OH is 1. The average Bonchev–Trinajstić information content (AvgIpc) is 4.19. The predicted molar refractivity (Wildman–Crippen MR) is 322 cm³/mol. The molecule has 19 heteroatoms. The van der Waals surface area contributed by atoms with Gasteiger partial charge in [-0.25, -0.2) is 14.4 Å². The molecule has 0 saturated carbocycles. The van der Waals surface area contributed by atoms with Crippen molar-refractivity contribution in [2.45, 2.75) is 265 Å². The lowest BCUT2D eigenvalue weighted by Gasteiger charge is -2.07. The second kappa shape index (κ2) is 50.8. The average molecular weight is 1210 g/mol. The molecule has 0 atom stereocenters. The van der Waals surface area contributed by atoms with E-state index in [9.17, 15) is 27.6 Å². The zero-order valence-electron chi connectivity index (χ0n) is 49.6. The molecule has 0 fully saturated rings. The summed E-state index contributed by atoms with van der Waals surface area (Å²) in [5.41, 5.74) is 0.0208. The fourth-order valence-corrected chi connectivity index (χ4v) is 9.53. The van der Waals surface area contributed by atoms with Crippen LogP contribution in [0.15, 0.2) is 18.6 Å². The summed E-state index contributed by atoms with van der Waals surface area (Å²) in [4.78, 5) is 42.6. The van der Waals surface area contributed by atoms with E-state index >= 15 is 0 Å². The minimum absolute atomic E-state index is 0.0141. The summed E-state index contributed by atoms with van der Waals surface area (Å²) < 4.78 is 62.5. The van der Waals surface area contributed by atoms with Crippen molar-refractivity contribution in [1.82, 2.24) is 15.0 Å². The van der Waals surface area contributed by atoms with E-state index in [0.717, 1.165) is 89.9 Å². The van der Waals surface area contributed by atoms with Crippen LogP contribution < -0.4 is 14.2 Å². The highest BCUT2D eigenvalue weighted by molar-refractivity contribution is 6.35. The van der Waals surface area contributed by atoms with E-state index in [4.69, 9.17) is 64.0 Å². The third kappa shape index (κ3) is 39.4. The van der Waals surface area contributed by atoms with Crippen molar-refractivity contribution in [1.29, 1.82) is 0 Å². The lowest BCUT2D eigenvalue weighted by atomic mass is 10.1. The molecule has 0 aliphatic carbocycles. The van der Waals surface area contributed by atoms with Crippen molar-refractivity contribution in [2.75, 3.05) is 39.6 Å². The molecule has 3 aromatic rings. The van der Waals surface area contributed by atoms with Gasteiger partial charge in [0.25, 0.3) is 0 Å². The lowest BCUT2D eigenvalue weighted by Crippen LogP contribution is -2.20. The number of H-pyrrole nitrogens is 3. The molecule has 3 rings (SSSR count). The third-order valence-corrected chi connectivity index (χ3v) is 14.8. The van der Waals surface area contributed by atoms with Gasteiger partial charge < -0.3 is 48.8 Å². The standard InChI is InChI=1S/C26H46ClNO4.C19H29ClF3NO3.C17H28ClNO3/c1-2-3-4-5-6-7-8-11-14-17-20-31-23-22-28-25(24(23)27)26(30)32-21-18-15-12-9-10-13-16-19-29;1-2-3-4-5-6-7-8-9-10-11-12-26-15-13-24-17(16(15)20)18(25)27-14-19(21,22)23;1-2-3-4-5-6-7-8-9-10-11-12-22-14-13-19-16(15(14)18)17(20)21/h22,28-29H,2-21H2,1H3;13,24H,2-12,14H2,1H3;13,19H,2-12H2,1H3,(H,20,21). The Labute approximate surface area is 498 Å². The van der Waals surface area contributed by atoms with Crippen LogP contribution in [0.2, 0.25) is 15.1 Å². The zero-order chi connectivity index (χ0) is 59.6. The first-order valence-electron chi connectivity index (χ1n) is 31.0. The van der Waals surface area contributed by atoms with Gasteiger partial charge in [0.05, 0.1) is 26.4 Å². The van der Waals surface area contributed by atoms with Crippen LogP contribution in [-0.2, 0) is 9.47 Å². The second-order valence-electron chi connectivity index (χ2n) is 20.9. The monoisotopic (exact) mass is 1210 g/mol. The molecular formula is C62H103Cl3F3N3O10. The Morgan fingerprint density at radius 3 is 0.951 bits per heavy atom. The fourth-order valence-electron chi connectivity index (χ4n) is 8.80. The molecule has 5 N–H and O–H groups in total. The summed E-state index contributed by atoms with van der Waals surface area (Å²) in [7, 11) is 0. The number of hydrogen-bond acceptors (Lipinski definition) is 9. The number of carbonyl (C=O) groups excluding carboxylic acids is 2. The van der Waals surface area contributed by atoms with Gasteiger partial charge in [-0.05, 0) is 32.1 Å². The molecule has 3 aromatic heterocycles. The molecule has 0 amide bonds. The van der Waals surface area contributed by atoms with Crippen LogP contribution in [0.25, 0.3) is 0 Å². The molecule has 0 saturated heterocycles. The van der Waals surface area contributed by atoms with Crippen LogP contribution in [0.4, 0.5) is 13.2 Å². The third-order valence-electron chi connectivity index (χ3n) is 13.6. The largest absolute Gasteiger partial charge is 0.490 e. The molecule has 0 unspecified atom stereocenters. The molecule has 13 nitrogen and oxygen atoms in total. The summed E-state index contributed by atoms with van der Waals surface area (Å²) in [6.07, 6.45) is 44.8. The summed E-state index contributed by atoms with van der Waals surface area (Å²) in [5.74, 6) is -1.46. The molecule has 81 heavy (non-hydrogen) atoms. The Morgan fingerprint density at radius 2 is 0.667 bits per heavy atom. The topological polar surface area (TPSA) is 185 Å². The van der Waals surface area contributed by atoms with E-state index in [2.05, 4.69) is 40.5 Å². The number of hydrogen-bond donors (Lipinski definition) is 5. The van der Waals surface area contributed by atoms with E-state index in [1.807, 2.05) is 0 Å². The highest BCUT2D eigenvalue weighted by atomic mass is 35.5. The molecule has 0 aliphatic heterocycles. The molecule has 3 heterocycles. The van der Waals surface area contributed by atoms with Crippen molar-refractivity contribution >= 4 is 52.7 Å². The second-order valence-corrected chi connectivity index (χ2v) is 22.1. The summed E-state index contributed by atoms with van der Waals surface area (Å²) in [5, 5.41) is 18.0. The van der Waals surface area contributed by atoms with Gasteiger partial charge in [0.15, 0.2) is 23.9 Å². The summed E-state index contributed by atoms with van der Waals surface area (Å²) >= 11 is 18.2. The fraction of sp³-hybridized carbons (Fsp3) is 0.758. The van der Waals surface area contributed by atoms with Crippen LogP contribution in [0.3, 0.4) is 0 Å². The number of carboxylic acid groups (broad SMARTS) is 1. The number of aromatic nitrogens is 3. The van der Waals surface area contributed by atoms with Crippen LogP contribution in [0, 0.1) is 0 Å². The Hall–Kier alpha value is -3.73. The summed E-state index contributed by atoms with van der Waals surface area (Å²) in [6, 6.07) is 0. The molecule has 0 aromatic carbocycles. The van der Waals surface area contributed by atoms with Crippen LogP contribution in [-0.4, -0.2) is 88.9 Å². The number of aliphatic hydroxyl groups is 1. The van der Waals surface area contributed by atoms with Crippen molar-refractivity contribution < 1.29 is 61.5 Å². The van der Waals surface area contributed by atoms with E-state index in [0.29, 0.717) is 42.9 Å². The number of halogens is 6. The van der Waals surface area contributed by atoms with Crippen LogP contribution >= 0.6 is 34.8 Å². The van der Waals surface area contributed by atoms with Gasteiger partial charge in [-0.2, -0.15) is 13.2 Å². The number of esters is 2. The number of aromatic carboxylic acids is 1. The first-order valence-corrected chi connectivity index (χ1v) is 32.1. The normalized spacial score (nSPS) is 11.2. The maximum atomic E-state index is 12.2. The van der Waals surface area contributed by atoms with E-state index in [1.165, 1.54) is 160 Å². The maximum absolute atomic E-state index is 12.2. The maximum Gasteiger partial charge on any atom is 0.422 e. The minimum Gasteiger partial charge on any atom is -0.490 e. The predicted octanol–water partition coefficient (Wildman–Crippen LogP) is 20.2. The van der Waals surface area contributed by atoms with Crippen LogP contribution in [0.5, 0.6) is 17.2 Å². The number of carboxylic acids is 1. The molecule has 0 radical (unpaired) electrons. The SMILES string of the molecule is CCCCCCCCCCCCOc1c[nH]c(C(=O)O)c1Cl.CCCCCCCCCCCCOc1c[nH]c(C(=O)OCC(F)(F)F)c1Cl.CCCCCCCCCCCCOc1c[nH]c(C(=O)OCCCCCCCCCO)c1Cl. The number of alkyl halides is 3. The first kappa shape index (κ1) is 75.3. The highest BCUT2D eigenvalue weighted by Gasteiger charge is 2.31. The number of unbranched alkanes of at least 4 members (excludes halogenated alkanes) is 33. The Morgan fingerprint density at radius 1 is 0.407 bits per heavy atom. The number of rotatable bonds is 49.